The molecule has 26 heavy (non-hydrogen) atoms. The van der Waals surface area contributed by atoms with Crippen LogP contribution in [0.5, 0.6) is 0 Å². The van der Waals surface area contributed by atoms with E-state index in [9.17, 15) is 0 Å². The van der Waals surface area contributed by atoms with Crippen LogP contribution in [0.1, 0.15) is 34.6 Å². The fourth-order valence-electron chi connectivity index (χ4n) is 5.47. The van der Waals surface area contributed by atoms with Gasteiger partial charge in [-0.1, -0.05) is 24.3 Å². The number of nitrogens with one attached hydrogen (secondary N) is 1. The SMILES string of the molecule is c1ccc2c(c1)CN(c1cc3c4c(c1)[C@@H]1CNCC[C@@H]1N4CCOC3)C2. The summed E-state index contributed by atoms with van der Waals surface area (Å²) in [6, 6.07) is 14.4. The van der Waals surface area contributed by atoms with Crippen molar-refractivity contribution in [1.82, 2.24) is 5.32 Å². The van der Waals surface area contributed by atoms with Gasteiger partial charge in [-0.15, -0.1) is 0 Å². The molecule has 0 saturated carbocycles. The van der Waals surface area contributed by atoms with Crippen molar-refractivity contribution in [3.63, 3.8) is 0 Å². The molecule has 1 fully saturated rings. The van der Waals surface area contributed by atoms with Gasteiger partial charge in [0.15, 0.2) is 0 Å². The van der Waals surface area contributed by atoms with E-state index < -0.39 is 0 Å². The molecule has 4 aliphatic heterocycles. The lowest BCUT2D eigenvalue weighted by Gasteiger charge is -2.33. The topological polar surface area (TPSA) is 27.7 Å². The van der Waals surface area contributed by atoms with E-state index in [1.807, 2.05) is 0 Å². The maximum Gasteiger partial charge on any atom is 0.0738 e. The highest BCUT2D eigenvalue weighted by molar-refractivity contribution is 5.73. The van der Waals surface area contributed by atoms with Crippen molar-refractivity contribution in [3.8, 4) is 0 Å². The molecule has 0 radical (unpaired) electrons. The van der Waals surface area contributed by atoms with Gasteiger partial charge in [-0.25, -0.2) is 0 Å². The Labute approximate surface area is 154 Å². The Kier molecular flexibility index (Phi) is 3.32. The van der Waals surface area contributed by atoms with E-state index in [2.05, 4.69) is 51.5 Å². The maximum absolute atomic E-state index is 5.96. The summed E-state index contributed by atoms with van der Waals surface area (Å²) in [5.41, 5.74) is 8.73. The van der Waals surface area contributed by atoms with Gasteiger partial charge in [0.25, 0.3) is 0 Å². The molecule has 2 aromatic carbocycles. The standard InChI is InChI=1S/C22H25N3O/c1-2-4-16-13-24(12-15(16)3-1)18-9-17-14-26-8-7-25-21-5-6-23-11-20(21)19(10-18)22(17)25/h1-4,9-10,20-21,23H,5-8,11-14H2/t20-,21-/m0/s1. The van der Waals surface area contributed by atoms with E-state index in [0.29, 0.717) is 12.0 Å². The molecule has 6 rings (SSSR count). The highest BCUT2D eigenvalue weighted by Crippen LogP contribution is 2.48. The fraction of sp³-hybridized carbons (Fsp3) is 0.455. The van der Waals surface area contributed by atoms with Gasteiger partial charge >= 0.3 is 0 Å². The van der Waals surface area contributed by atoms with Crippen LogP contribution >= 0.6 is 0 Å². The van der Waals surface area contributed by atoms with Crippen LogP contribution in [0.3, 0.4) is 0 Å². The van der Waals surface area contributed by atoms with Gasteiger partial charge in [-0.3, -0.25) is 0 Å². The van der Waals surface area contributed by atoms with Crippen molar-refractivity contribution in [2.24, 2.45) is 0 Å². The second kappa shape index (κ2) is 5.73. The first-order valence-corrected chi connectivity index (χ1v) is 9.92. The van der Waals surface area contributed by atoms with E-state index >= 15 is 0 Å². The summed E-state index contributed by atoms with van der Waals surface area (Å²) in [4.78, 5) is 5.19. The monoisotopic (exact) mass is 347 g/mol. The van der Waals surface area contributed by atoms with Crippen molar-refractivity contribution in [1.29, 1.82) is 0 Å². The largest absolute Gasteiger partial charge is 0.375 e. The van der Waals surface area contributed by atoms with E-state index in [1.165, 1.54) is 34.5 Å². The maximum atomic E-state index is 5.96. The lowest BCUT2D eigenvalue weighted by Crippen LogP contribution is -2.44. The average molecular weight is 347 g/mol. The van der Waals surface area contributed by atoms with Crippen LogP contribution in [-0.2, 0) is 24.4 Å². The van der Waals surface area contributed by atoms with Crippen LogP contribution in [0.25, 0.3) is 0 Å². The molecule has 1 saturated heterocycles. The number of anilines is 2. The van der Waals surface area contributed by atoms with Gasteiger partial charge in [0, 0.05) is 55.1 Å². The van der Waals surface area contributed by atoms with Crippen molar-refractivity contribution < 1.29 is 4.74 Å². The molecule has 4 heteroatoms. The highest BCUT2D eigenvalue weighted by atomic mass is 16.5. The van der Waals surface area contributed by atoms with Crippen LogP contribution < -0.4 is 15.1 Å². The number of benzene rings is 2. The number of rotatable bonds is 1. The molecule has 4 nitrogen and oxygen atoms in total. The van der Waals surface area contributed by atoms with Crippen molar-refractivity contribution in [3.05, 3.63) is 58.7 Å². The molecule has 0 amide bonds. The average Bonchev–Trinajstić information content (AvgIpc) is 3.17. The predicted octanol–water partition coefficient (Wildman–Crippen LogP) is 3.00. The summed E-state index contributed by atoms with van der Waals surface area (Å²) in [5, 5.41) is 3.63. The highest BCUT2D eigenvalue weighted by Gasteiger charge is 2.42. The second-order valence-corrected chi connectivity index (χ2v) is 8.08. The number of nitrogens with zero attached hydrogens (tertiary/aromatic N) is 2. The van der Waals surface area contributed by atoms with Crippen LogP contribution in [0.15, 0.2) is 36.4 Å². The first-order valence-electron chi connectivity index (χ1n) is 9.92. The lowest BCUT2D eigenvalue weighted by atomic mass is 9.89. The number of hydrogen-bond donors (Lipinski definition) is 1. The molecule has 0 spiro atoms. The molecule has 134 valence electrons. The Bertz CT molecular complexity index is 839. The van der Waals surface area contributed by atoms with Gasteiger partial charge in [-0.05, 0) is 41.8 Å². The Morgan fingerprint density at radius 2 is 1.88 bits per heavy atom. The molecule has 2 aromatic rings. The first kappa shape index (κ1) is 15.1. The molecular formula is C22H25N3O. The molecule has 1 N–H and O–H groups in total. The minimum absolute atomic E-state index is 0.625. The van der Waals surface area contributed by atoms with Gasteiger partial charge in [0.2, 0.25) is 0 Å². The zero-order chi connectivity index (χ0) is 17.1. The van der Waals surface area contributed by atoms with Gasteiger partial charge in [0.05, 0.1) is 13.2 Å². The van der Waals surface area contributed by atoms with E-state index in [-0.39, 0.29) is 0 Å². The van der Waals surface area contributed by atoms with Crippen molar-refractivity contribution in [2.75, 3.05) is 36.0 Å². The molecule has 0 unspecified atom stereocenters. The Hall–Kier alpha value is -2.04. The summed E-state index contributed by atoms with van der Waals surface area (Å²) < 4.78 is 5.96. The zero-order valence-electron chi connectivity index (χ0n) is 15.1. The molecular weight excluding hydrogens is 322 g/mol. The lowest BCUT2D eigenvalue weighted by molar-refractivity contribution is 0.130. The first-order chi connectivity index (χ1) is 12.9. The Morgan fingerprint density at radius 1 is 1.04 bits per heavy atom. The molecule has 4 heterocycles. The number of piperidine rings is 1. The van der Waals surface area contributed by atoms with Crippen LogP contribution in [-0.4, -0.2) is 32.3 Å². The minimum Gasteiger partial charge on any atom is -0.375 e. The number of ether oxygens (including phenoxy) is 1. The molecule has 0 aromatic heterocycles. The normalized spacial score (nSPS) is 26.3. The summed E-state index contributed by atoms with van der Waals surface area (Å²) in [7, 11) is 0. The Balaban J connectivity index is 1.44. The summed E-state index contributed by atoms with van der Waals surface area (Å²) in [6.45, 7) is 6.91. The zero-order valence-corrected chi connectivity index (χ0v) is 15.1. The van der Waals surface area contributed by atoms with Crippen molar-refractivity contribution >= 4 is 11.4 Å². The minimum atomic E-state index is 0.625. The quantitative estimate of drug-likeness (QED) is 0.858. The third-order valence-corrected chi connectivity index (χ3v) is 6.68. The van der Waals surface area contributed by atoms with Crippen LogP contribution in [0, 0.1) is 0 Å². The smallest absolute Gasteiger partial charge is 0.0738 e. The molecule has 4 aliphatic rings. The van der Waals surface area contributed by atoms with Crippen molar-refractivity contribution in [2.45, 2.75) is 38.1 Å². The van der Waals surface area contributed by atoms with Crippen LogP contribution in [0.2, 0.25) is 0 Å². The molecule has 2 atom stereocenters. The Morgan fingerprint density at radius 3 is 2.73 bits per heavy atom. The van der Waals surface area contributed by atoms with Gasteiger partial charge < -0.3 is 19.9 Å². The summed E-state index contributed by atoms with van der Waals surface area (Å²) in [5.74, 6) is 0.625. The number of fused-ring (bicyclic) bond motifs is 4. The van der Waals surface area contributed by atoms with E-state index in [1.54, 1.807) is 5.56 Å². The van der Waals surface area contributed by atoms with E-state index in [4.69, 9.17) is 4.74 Å². The third kappa shape index (κ3) is 2.15. The summed E-state index contributed by atoms with van der Waals surface area (Å²) in [6.07, 6.45) is 1.24. The fourth-order valence-corrected chi connectivity index (χ4v) is 5.47. The molecule has 0 aliphatic carbocycles. The summed E-state index contributed by atoms with van der Waals surface area (Å²) >= 11 is 0. The predicted molar refractivity (Wildman–Crippen MR) is 104 cm³/mol. The molecule has 0 bridgehead atoms. The van der Waals surface area contributed by atoms with Gasteiger partial charge in [-0.2, -0.15) is 0 Å². The van der Waals surface area contributed by atoms with E-state index in [0.717, 1.165) is 45.9 Å². The van der Waals surface area contributed by atoms with Gasteiger partial charge in [0.1, 0.15) is 0 Å². The number of hydrogen-bond acceptors (Lipinski definition) is 4. The third-order valence-electron chi connectivity index (χ3n) is 6.68. The van der Waals surface area contributed by atoms with Crippen LogP contribution in [0.4, 0.5) is 11.4 Å². The second-order valence-electron chi connectivity index (χ2n) is 8.08.